The second-order valence-electron chi connectivity index (χ2n) is 24.2. The standard InChI is InChI=1S/C48H82O18/c1-21-29(53)32(56)35(59)39(62-21)43(4,5)27(52)11-13-46(8,61)38-22(51)17-45(7)26-10-9-25-42(2,3)28(12-14-47(25)20-48(26,47)16-15-44(38,45)6)65-41-37(34(58)31(55)24(19-50)64-41)66-40-36(60)33(57)30(54)23(18-49)63-40/h21-41,49-61H,9-20H2,1-8H3/t21-,22-,23+,24+,25-,26-,27-,28-,29-,30+,31+,32+,33-,34-,35+,36+,37+,38-,39+,40-,41-,44+,45-,46-,47+,48-/m0/s1. The molecule has 0 radical (unpaired) electrons. The molecule has 2 spiro atoms. The van der Waals surface area contributed by atoms with Crippen molar-refractivity contribution in [2.24, 2.45) is 50.2 Å². The minimum absolute atomic E-state index is 0.000727. The number of hydrogen-bond donors (Lipinski definition) is 13. The molecule has 66 heavy (non-hydrogen) atoms. The molecule has 3 heterocycles. The quantitative estimate of drug-likeness (QED) is 0.107. The molecule has 0 bridgehead atoms. The maximum Gasteiger partial charge on any atom is 0.187 e. The van der Waals surface area contributed by atoms with Gasteiger partial charge in [-0.05, 0) is 117 Å². The lowest BCUT2D eigenvalue weighted by Gasteiger charge is -2.64. The molecule has 3 aliphatic heterocycles. The molecule has 0 aromatic rings. The van der Waals surface area contributed by atoms with Gasteiger partial charge in [0.05, 0.1) is 49.3 Å². The van der Waals surface area contributed by atoms with Crippen LogP contribution in [0.2, 0.25) is 0 Å². The normalized spacial score (nSPS) is 54.9. The summed E-state index contributed by atoms with van der Waals surface area (Å²) in [5.74, 6) is 0.0240. The van der Waals surface area contributed by atoms with Crippen LogP contribution in [0.3, 0.4) is 0 Å². The van der Waals surface area contributed by atoms with Crippen molar-refractivity contribution < 1.29 is 90.1 Å². The first kappa shape index (κ1) is 51.6. The minimum Gasteiger partial charge on any atom is -0.394 e. The van der Waals surface area contributed by atoms with Gasteiger partial charge >= 0.3 is 0 Å². The summed E-state index contributed by atoms with van der Waals surface area (Å²) >= 11 is 0. The second kappa shape index (κ2) is 17.5. The number of fused-ring (bicyclic) bond motifs is 2. The first-order valence-electron chi connectivity index (χ1n) is 24.6. The lowest BCUT2D eigenvalue weighted by molar-refractivity contribution is -0.377. The highest BCUT2D eigenvalue weighted by Gasteiger charge is 2.83. The van der Waals surface area contributed by atoms with Crippen LogP contribution in [-0.4, -0.2) is 195 Å². The van der Waals surface area contributed by atoms with E-state index in [0.717, 1.165) is 38.5 Å². The lowest BCUT2D eigenvalue weighted by Crippen LogP contribution is -2.65. The highest BCUT2D eigenvalue weighted by molar-refractivity contribution is 5.32. The zero-order valence-corrected chi connectivity index (χ0v) is 40.0. The van der Waals surface area contributed by atoms with Crippen LogP contribution in [0.5, 0.6) is 0 Å². The fourth-order valence-corrected chi connectivity index (χ4v) is 16.4. The van der Waals surface area contributed by atoms with Crippen LogP contribution >= 0.6 is 0 Å². The van der Waals surface area contributed by atoms with Crippen LogP contribution in [-0.2, 0) is 23.7 Å². The van der Waals surface area contributed by atoms with Crippen LogP contribution in [0.4, 0.5) is 0 Å². The Balaban J connectivity index is 0.970. The van der Waals surface area contributed by atoms with E-state index in [1.807, 2.05) is 0 Å². The molecule has 8 fully saturated rings. The van der Waals surface area contributed by atoms with Gasteiger partial charge in [-0.3, -0.25) is 0 Å². The van der Waals surface area contributed by atoms with Crippen LogP contribution in [0.1, 0.15) is 120 Å². The molecule has 5 aliphatic carbocycles. The highest BCUT2D eigenvalue weighted by Crippen LogP contribution is 2.89. The number of aliphatic hydroxyl groups is 13. The van der Waals surface area contributed by atoms with E-state index >= 15 is 0 Å². The summed E-state index contributed by atoms with van der Waals surface area (Å²) in [6.45, 7) is 14.5. The van der Waals surface area contributed by atoms with Gasteiger partial charge in [-0.1, -0.05) is 41.5 Å². The number of ether oxygens (including phenoxy) is 5. The summed E-state index contributed by atoms with van der Waals surface area (Å²) in [6.07, 6.45) is -16.6. The van der Waals surface area contributed by atoms with Gasteiger partial charge in [0.25, 0.3) is 0 Å². The molecule has 382 valence electrons. The fourth-order valence-electron chi connectivity index (χ4n) is 16.4. The first-order valence-corrected chi connectivity index (χ1v) is 24.6. The summed E-state index contributed by atoms with van der Waals surface area (Å²) in [4.78, 5) is 0. The largest absolute Gasteiger partial charge is 0.394 e. The maximum absolute atomic E-state index is 12.5. The van der Waals surface area contributed by atoms with E-state index in [1.165, 1.54) is 0 Å². The molecular formula is C48H82O18. The average molecular weight is 947 g/mol. The summed E-state index contributed by atoms with van der Waals surface area (Å²) in [5, 5.41) is 142. The third-order valence-electron chi connectivity index (χ3n) is 20.3. The Hall–Kier alpha value is -0.720. The van der Waals surface area contributed by atoms with E-state index in [0.29, 0.717) is 12.8 Å². The molecule has 5 saturated carbocycles. The average Bonchev–Trinajstić information content (AvgIpc) is 3.87. The van der Waals surface area contributed by atoms with Gasteiger partial charge in [0, 0.05) is 11.3 Å². The van der Waals surface area contributed by atoms with Crippen LogP contribution in [0.25, 0.3) is 0 Å². The molecule has 26 atom stereocenters. The Morgan fingerprint density at radius 3 is 1.85 bits per heavy atom. The molecular weight excluding hydrogens is 865 g/mol. The van der Waals surface area contributed by atoms with E-state index < -0.39 is 151 Å². The highest BCUT2D eigenvalue weighted by atomic mass is 16.8. The van der Waals surface area contributed by atoms with Gasteiger partial charge < -0.3 is 90.1 Å². The van der Waals surface area contributed by atoms with Crippen LogP contribution < -0.4 is 0 Å². The summed E-state index contributed by atoms with van der Waals surface area (Å²) in [5.41, 5.74) is -3.57. The molecule has 18 nitrogen and oxygen atoms in total. The lowest BCUT2D eigenvalue weighted by atomic mass is 9.41. The predicted molar refractivity (Wildman–Crippen MR) is 232 cm³/mol. The van der Waals surface area contributed by atoms with Gasteiger partial charge in [-0.15, -0.1) is 0 Å². The van der Waals surface area contributed by atoms with Crippen LogP contribution in [0.15, 0.2) is 0 Å². The number of aliphatic hydroxyl groups excluding tert-OH is 12. The molecule has 0 aromatic carbocycles. The van der Waals surface area contributed by atoms with Crippen molar-refractivity contribution in [1.29, 1.82) is 0 Å². The van der Waals surface area contributed by atoms with Crippen molar-refractivity contribution >= 4 is 0 Å². The Bertz CT molecular complexity index is 1730. The van der Waals surface area contributed by atoms with Crippen molar-refractivity contribution in [1.82, 2.24) is 0 Å². The molecule has 13 N–H and O–H groups in total. The SMILES string of the molecule is C[C@@H]1O[C@@H](C(C)(C)[C@@H](O)CC[C@](C)(O)[C@H]2[C@@H](O)C[C@@]3(C)[C@@H]4CC[C@H]5C(C)(C)[C@@H](O[C@@H]6O[C@H](CO)[C@@H](O)[C@H](O)[C@H]6O[C@@H]6O[C@H](CO)[C@@H](O)[C@H](O)[C@H]6O)CC[C@@]56C[C@@]46CC[C@]23C)[C@H](O)[C@H](O)[C@H]1O. The van der Waals surface area contributed by atoms with E-state index in [2.05, 4.69) is 27.7 Å². The second-order valence-corrected chi connectivity index (χ2v) is 24.2. The first-order chi connectivity index (χ1) is 30.6. The Labute approximate surface area is 388 Å². The van der Waals surface area contributed by atoms with Gasteiger partial charge in [0.1, 0.15) is 67.1 Å². The monoisotopic (exact) mass is 947 g/mol. The molecule has 0 amide bonds. The van der Waals surface area contributed by atoms with E-state index in [-0.39, 0.29) is 40.9 Å². The molecule has 8 aliphatic rings. The maximum atomic E-state index is 12.5. The van der Waals surface area contributed by atoms with E-state index in [9.17, 15) is 66.4 Å². The predicted octanol–water partition coefficient (Wildman–Crippen LogP) is -0.806. The third kappa shape index (κ3) is 7.55. The molecule has 8 rings (SSSR count). The van der Waals surface area contributed by atoms with Gasteiger partial charge in [-0.2, -0.15) is 0 Å². The van der Waals surface area contributed by atoms with E-state index in [4.69, 9.17) is 23.7 Å². The fraction of sp³-hybridized carbons (Fsp3) is 1.00. The minimum atomic E-state index is -1.78. The topological polar surface area (TPSA) is 309 Å². The zero-order valence-electron chi connectivity index (χ0n) is 40.0. The Morgan fingerprint density at radius 1 is 0.636 bits per heavy atom. The number of hydrogen-bond acceptors (Lipinski definition) is 18. The zero-order chi connectivity index (χ0) is 48.6. The molecule has 0 unspecified atom stereocenters. The van der Waals surface area contributed by atoms with Gasteiger partial charge in [-0.25, -0.2) is 0 Å². The van der Waals surface area contributed by atoms with Crippen LogP contribution in [0, 0.1) is 50.2 Å². The molecule has 18 heteroatoms. The van der Waals surface area contributed by atoms with Crippen molar-refractivity contribution in [3.8, 4) is 0 Å². The molecule has 0 aromatic heterocycles. The van der Waals surface area contributed by atoms with Crippen molar-refractivity contribution in [2.75, 3.05) is 13.2 Å². The van der Waals surface area contributed by atoms with Crippen molar-refractivity contribution in [2.45, 2.75) is 235 Å². The smallest absolute Gasteiger partial charge is 0.187 e. The van der Waals surface area contributed by atoms with Crippen molar-refractivity contribution in [3.05, 3.63) is 0 Å². The Morgan fingerprint density at radius 2 is 1.21 bits per heavy atom. The summed E-state index contributed by atoms with van der Waals surface area (Å²) in [7, 11) is 0. The molecule has 3 saturated heterocycles. The Kier molecular flexibility index (Phi) is 13.7. The number of rotatable bonds is 12. The van der Waals surface area contributed by atoms with Gasteiger partial charge in [0.2, 0.25) is 0 Å². The van der Waals surface area contributed by atoms with E-state index in [1.54, 1.807) is 27.7 Å². The summed E-state index contributed by atoms with van der Waals surface area (Å²) in [6, 6.07) is 0. The van der Waals surface area contributed by atoms with Crippen molar-refractivity contribution in [3.63, 3.8) is 0 Å². The summed E-state index contributed by atoms with van der Waals surface area (Å²) < 4.78 is 30.4. The third-order valence-corrected chi connectivity index (χ3v) is 20.3. The van der Waals surface area contributed by atoms with Gasteiger partial charge in [0.15, 0.2) is 12.6 Å².